The maximum atomic E-state index is 12.4. The number of nitrogens with one attached hydrogen (secondary N) is 1. The van der Waals surface area contributed by atoms with Crippen LogP contribution in [-0.4, -0.2) is 45.4 Å². The number of hydrogen-bond donors (Lipinski definition) is 2. The number of rotatable bonds is 8. The fourth-order valence-corrected chi connectivity index (χ4v) is 10.5. The second-order valence-corrected chi connectivity index (χ2v) is 15.9. The predicted octanol–water partition coefficient (Wildman–Crippen LogP) is 8.11. The van der Waals surface area contributed by atoms with Crippen LogP contribution in [0.25, 0.3) is 38.5 Å². The quantitative estimate of drug-likeness (QED) is 0.168. The van der Waals surface area contributed by atoms with Crippen molar-refractivity contribution in [1.82, 2.24) is 34.3 Å². The fourth-order valence-electron chi connectivity index (χ4n) is 9.66. The summed E-state index contributed by atoms with van der Waals surface area (Å²) in [5, 5.41) is 28.8. The Bertz CT molecular complexity index is 2190. The summed E-state index contributed by atoms with van der Waals surface area (Å²) < 4.78 is 5.16. The normalized spacial score (nSPS) is 24.6. The average Bonchev–Trinajstić information content (AvgIpc) is 3.58. The van der Waals surface area contributed by atoms with Crippen molar-refractivity contribution in [3.63, 3.8) is 0 Å². The number of aromatic nitrogens is 7. The summed E-state index contributed by atoms with van der Waals surface area (Å²) >= 11 is 1.60. The molecule has 5 fully saturated rings. The highest BCUT2D eigenvalue weighted by atomic mass is 32.1. The Balaban J connectivity index is 1.07. The molecule has 0 unspecified atom stereocenters. The molecule has 0 spiro atoms. The first-order valence-corrected chi connectivity index (χ1v) is 18.0. The molecule has 0 saturated heterocycles. The Hall–Kier alpha value is -4.64. The Morgan fingerprint density at radius 2 is 1.79 bits per heavy atom. The van der Waals surface area contributed by atoms with Crippen LogP contribution >= 0.6 is 11.3 Å². The van der Waals surface area contributed by atoms with Gasteiger partial charge < -0.3 is 10.4 Å². The molecule has 5 aliphatic carbocycles. The summed E-state index contributed by atoms with van der Waals surface area (Å²) in [5.74, 6) is 2.69. The van der Waals surface area contributed by atoms with E-state index in [1.807, 2.05) is 35.0 Å². The van der Waals surface area contributed by atoms with E-state index in [0.29, 0.717) is 34.2 Å². The number of hydrogen-bond acceptors (Lipinski definition) is 8. The van der Waals surface area contributed by atoms with Gasteiger partial charge in [-0.15, -0.1) is 10.2 Å². The lowest BCUT2D eigenvalue weighted by Crippen LogP contribution is -2.48. The number of benzene rings is 1. The highest BCUT2D eigenvalue weighted by Crippen LogP contribution is 2.60. The first-order valence-electron chi connectivity index (χ1n) is 17.2. The van der Waals surface area contributed by atoms with Crippen LogP contribution in [0.1, 0.15) is 78.9 Å². The molecule has 1 aromatic carbocycles. The lowest BCUT2D eigenvalue weighted by Gasteiger charge is -2.56. The number of carboxylic acids is 1. The molecule has 6 aromatic rings. The summed E-state index contributed by atoms with van der Waals surface area (Å²) in [4.78, 5) is 22.1. The number of fused-ring (bicyclic) bond motifs is 2. The first-order chi connectivity index (χ1) is 23.4. The monoisotopic (exact) mass is 656 g/mol. The molecule has 48 heavy (non-hydrogen) atoms. The van der Waals surface area contributed by atoms with Crippen molar-refractivity contribution in [1.29, 1.82) is 0 Å². The lowest BCUT2D eigenvalue weighted by atomic mass is 9.49. The van der Waals surface area contributed by atoms with E-state index < -0.39 is 5.97 Å². The zero-order valence-corrected chi connectivity index (χ0v) is 27.6. The molecule has 2 N–H and O–H groups in total. The third-order valence-electron chi connectivity index (χ3n) is 11.5. The van der Waals surface area contributed by atoms with Gasteiger partial charge in [-0.05, 0) is 118 Å². The third-order valence-corrected chi connectivity index (χ3v) is 12.4. The molecule has 5 aromatic heterocycles. The van der Waals surface area contributed by atoms with Crippen molar-refractivity contribution in [3.8, 4) is 22.6 Å². The Morgan fingerprint density at radius 3 is 2.52 bits per heavy atom. The summed E-state index contributed by atoms with van der Waals surface area (Å²) in [5.41, 5.74) is 6.92. The number of nitrogens with zero attached hydrogens (tertiary/aromatic N) is 7. The molecule has 5 heterocycles. The van der Waals surface area contributed by atoms with Crippen LogP contribution in [0.2, 0.25) is 0 Å². The van der Waals surface area contributed by atoms with Gasteiger partial charge in [0.1, 0.15) is 22.6 Å². The molecule has 0 amide bonds. The van der Waals surface area contributed by atoms with Gasteiger partial charge in [0.25, 0.3) is 0 Å². The number of para-hydroxylation sites is 1. The van der Waals surface area contributed by atoms with Crippen molar-refractivity contribution in [3.05, 3.63) is 71.7 Å². The van der Waals surface area contributed by atoms with E-state index in [1.165, 1.54) is 38.5 Å². The Morgan fingerprint density at radius 1 is 1.02 bits per heavy atom. The Labute approximate surface area is 281 Å². The van der Waals surface area contributed by atoms with Crippen molar-refractivity contribution in [2.45, 2.75) is 70.8 Å². The van der Waals surface area contributed by atoms with Crippen LogP contribution in [0.5, 0.6) is 0 Å². The van der Waals surface area contributed by atoms with Crippen LogP contribution in [0, 0.1) is 30.1 Å². The average molecular weight is 657 g/mol. The standard InChI is InChI=1S/C37H36N8O2S/c1-20-27(18-38-45(20)19-37-15-21-11-22(16-37)13-23(12-21)17-37)31-32(44-10-4-5-25(35(46)47)34(44)40-31)29-14-26(24-8-9-24)33(43-42-29)41-36-39-28-6-2-3-7-30(28)48-36/h2-7,10,14,18,21-24H,8-9,11-13,15-17,19H2,1H3,(H,46,47)(H,39,41,43). The third kappa shape index (κ3) is 4.57. The predicted molar refractivity (Wildman–Crippen MR) is 185 cm³/mol. The minimum Gasteiger partial charge on any atom is -0.478 e. The van der Waals surface area contributed by atoms with Crippen molar-refractivity contribution < 1.29 is 9.90 Å². The molecule has 0 aliphatic heterocycles. The van der Waals surface area contributed by atoms with Crippen molar-refractivity contribution in [2.75, 3.05) is 5.32 Å². The molecule has 0 radical (unpaired) electrons. The van der Waals surface area contributed by atoms with E-state index in [2.05, 4.69) is 29.1 Å². The lowest BCUT2D eigenvalue weighted by molar-refractivity contribution is -0.0638. The van der Waals surface area contributed by atoms with E-state index >= 15 is 0 Å². The maximum absolute atomic E-state index is 12.4. The van der Waals surface area contributed by atoms with Gasteiger partial charge in [-0.1, -0.05) is 23.5 Å². The second-order valence-electron chi connectivity index (χ2n) is 14.9. The highest BCUT2D eigenvalue weighted by molar-refractivity contribution is 7.22. The Kier molecular flexibility index (Phi) is 6.17. The molecular formula is C37H36N8O2S. The molecule has 242 valence electrons. The molecular weight excluding hydrogens is 621 g/mol. The van der Waals surface area contributed by atoms with E-state index in [9.17, 15) is 9.90 Å². The van der Waals surface area contributed by atoms with Gasteiger partial charge in [0.05, 0.1) is 16.4 Å². The number of imidazole rings is 1. The minimum absolute atomic E-state index is 0.146. The van der Waals surface area contributed by atoms with Crippen LogP contribution in [0.3, 0.4) is 0 Å². The number of aromatic carboxylic acids is 1. The van der Waals surface area contributed by atoms with Crippen LogP contribution in [0.15, 0.2) is 54.9 Å². The highest BCUT2D eigenvalue weighted by Gasteiger charge is 2.51. The maximum Gasteiger partial charge on any atom is 0.339 e. The second kappa shape index (κ2) is 10.4. The van der Waals surface area contributed by atoms with Gasteiger partial charge in [-0.25, -0.2) is 14.8 Å². The topological polar surface area (TPSA) is 123 Å². The smallest absolute Gasteiger partial charge is 0.339 e. The van der Waals surface area contributed by atoms with E-state index in [0.717, 1.165) is 75.0 Å². The molecule has 0 atom stereocenters. The number of carbonyl (C=O) groups is 1. The summed E-state index contributed by atoms with van der Waals surface area (Å²) in [6, 6.07) is 13.6. The summed E-state index contributed by atoms with van der Waals surface area (Å²) in [6.07, 6.45) is 14.1. The van der Waals surface area contributed by atoms with Crippen molar-refractivity contribution >= 4 is 44.1 Å². The summed E-state index contributed by atoms with van der Waals surface area (Å²) in [6.45, 7) is 3.06. The molecule has 4 bridgehead atoms. The van der Waals surface area contributed by atoms with Gasteiger partial charge in [0.2, 0.25) is 0 Å². The van der Waals surface area contributed by atoms with Gasteiger partial charge >= 0.3 is 5.97 Å². The van der Waals surface area contributed by atoms with E-state index in [-0.39, 0.29) is 5.56 Å². The number of anilines is 2. The SMILES string of the molecule is Cc1c(-c2nc3c(C(=O)O)cccn3c2-c2cc(C3CC3)c(Nc3nc4ccccc4s3)nn2)cnn1CC12CC3CC(CC(C3)C1)C2. The fraction of sp³-hybridized carbons (Fsp3) is 0.405. The minimum atomic E-state index is -1.02. The van der Waals surface area contributed by atoms with Gasteiger partial charge in [-0.3, -0.25) is 9.08 Å². The molecule has 10 nitrogen and oxygen atoms in total. The zero-order chi connectivity index (χ0) is 32.1. The number of thiazole rings is 1. The molecule has 5 saturated carbocycles. The van der Waals surface area contributed by atoms with Crippen LogP contribution in [-0.2, 0) is 6.54 Å². The molecule has 5 aliphatic rings. The van der Waals surface area contributed by atoms with E-state index in [4.69, 9.17) is 25.3 Å². The number of carboxylic acid groups (broad SMARTS) is 1. The largest absolute Gasteiger partial charge is 0.478 e. The summed E-state index contributed by atoms with van der Waals surface area (Å²) in [7, 11) is 0. The molecule has 11 rings (SSSR count). The number of pyridine rings is 1. The van der Waals surface area contributed by atoms with Gasteiger partial charge in [-0.2, -0.15) is 5.10 Å². The molecule has 11 heteroatoms. The van der Waals surface area contributed by atoms with E-state index in [1.54, 1.807) is 23.5 Å². The van der Waals surface area contributed by atoms with Gasteiger partial charge in [0, 0.05) is 29.6 Å². The van der Waals surface area contributed by atoms with Crippen LogP contribution in [0.4, 0.5) is 10.9 Å². The van der Waals surface area contributed by atoms with Gasteiger partial charge in [0.15, 0.2) is 16.6 Å². The first kappa shape index (κ1) is 28.4. The zero-order valence-electron chi connectivity index (χ0n) is 26.8. The van der Waals surface area contributed by atoms with Crippen LogP contribution < -0.4 is 5.32 Å². The van der Waals surface area contributed by atoms with Crippen molar-refractivity contribution in [2.24, 2.45) is 23.2 Å².